The first-order valence-electron chi connectivity index (χ1n) is 7.15. The lowest BCUT2D eigenvalue weighted by atomic mass is 10.2. The molecule has 25 heavy (non-hydrogen) atoms. The molecule has 0 aromatic heterocycles. The van der Waals surface area contributed by atoms with Gasteiger partial charge in [-0.25, -0.2) is 5.43 Å². The standard InChI is InChI=1S/C17H16BrN3O4/c1-24-13-6-7-14(15(9-13)25-2)20-16(22)17(23)21-19-10-11-4-3-5-12(18)8-11/h3-10H,1-2H3,(H,20,22)(H,21,23)/b19-10+. The summed E-state index contributed by atoms with van der Waals surface area (Å²) in [6.07, 6.45) is 1.43. The molecule has 0 atom stereocenters. The van der Waals surface area contributed by atoms with Crippen LogP contribution in [-0.4, -0.2) is 32.2 Å². The van der Waals surface area contributed by atoms with E-state index >= 15 is 0 Å². The third kappa shape index (κ3) is 5.32. The Hall–Kier alpha value is -2.87. The molecule has 8 heteroatoms. The van der Waals surface area contributed by atoms with Crippen molar-refractivity contribution in [3.63, 3.8) is 0 Å². The zero-order valence-corrected chi connectivity index (χ0v) is 15.2. The van der Waals surface area contributed by atoms with Crippen LogP contribution in [0.4, 0.5) is 5.69 Å². The van der Waals surface area contributed by atoms with Crippen molar-refractivity contribution < 1.29 is 19.1 Å². The lowest BCUT2D eigenvalue weighted by Gasteiger charge is -2.10. The van der Waals surface area contributed by atoms with E-state index in [1.54, 1.807) is 18.2 Å². The quantitative estimate of drug-likeness (QED) is 0.454. The molecule has 130 valence electrons. The maximum atomic E-state index is 11.9. The molecule has 0 unspecified atom stereocenters. The molecule has 0 aliphatic rings. The van der Waals surface area contributed by atoms with E-state index in [2.05, 4.69) is 31.8 Å². The Kier molecular flexibility index (Phi) is 6.53. The van der Waals surface area contributed by atoms with E-state index in [4.69, 9.17) is 9.47 Å². The van der Waals surface area contributed by atoms with Crippen LogP contribution in [0.1, 0.15) is 5.56 Å². The Morgan fingerprint density at radius 2 is 1.88 bits per heavy atom. The molecule has 2 aromatic rings. The van der Waals surface area contributed by atoms with Crippen molar-refractivity contribution >= 4 is 39.6 Å². The fraction of sp³-hybridized carbons (Fsp3) is 0.118. The normalized spacial score (nSPS) is 10.4. The van der Waals surface area contributed by atoms with Crippen molar-refractivity contribution in [1.82, 2.24) is 5.43 Å². The van der Waals surface area contributed by atoms with Crippen LogP contribution in [0.3, 0.4) is 0 Å². The summed E-state index contributed by atoms with van der Waals surface area (Å²) in [5, 5.41) is 6.22. The second kappa shape index (κ2) is 8.84. The van der Waals surface area contributed by atoms with Gasteiger partial charge >= 0.3 is 11.8 Å². The smallest absolute Gasteiger partial charge is 0.329 e. The Morgan fingerprint density at radius 1 is 1.08 bits per heavy atom. The number of nitrogens with zero attached hydrogens (tertiary/aromatic N) is 1. The van der Waals surface area contributed by atoms with Gasteiger partial charge in [-0.3, -0.25) is 9.59 Å². The van der Waals surface area contributed by atoms with Crippen molar-refractivity contribution in [3.8, 4) is 11.5 Å². The monoisotopic (exact) mass is 405 g/mol. The number of carbonyl (C=O) groups is 2. The van der Waals surface area contributed by atoms with Gasteiger partial charge in [0, 0.05) is 10.5 Å². The van der Waals surface area contributed by atoms with Crippen LogP contribution in [0.5, 0.6) is 11.5 Å². The highest BCUT2D eigenvalue weighted by molar-refractivity contribution is 9.10. The van der Waals surface area contributed by atoms with Crippen molar-refractivity contribution in [3.05, 3.63) is 52.5 Å². The third-order valence-electron chi connectivity index (χ3n) is 3.09. The molecule has 2 aromatic carbocycles. The highest BCUT2D eigenvalue weighted by Crippen LogP contribution is 2.28. The van der Waals surface area contributed by atoms with E-state index in [0.717, 1.165) is 10.0 Å². The topological polar surface area (TPSA) is 89.0 Å². The van der Waals surface area contributed by atoms with Crippen molar-refractivity contribution in [2.24, 2.45) is 5.10 Å². The van der Waals surface area contributed by atoms with Crippen LogP contribution in [0.25, 0.3) is 0 Å². The second-order valence-electron chi connectivity index (χ2n) is 4.77. The molecule has 0 bridgehead atoms. The van der Waals surface area contributed by atoms with Crippen LogP contribution in [0, 0.1) is 0 Å². The number of hydrazone groups is 1. The first-order valence-corrected chi connectivity index (χ1v) is 7.94. The molecule has 0 radical (unpaired) electrons. The summed E-state index contributed by atoms with van der Waals surface area (Å²) in [5.74, 6) is -0.824. The van der Waals surface area contributed by atoms with E-state index in [1.807, 2.05) is 24.3 Å². The third-order valence-corrected chi connectivity index (χ3v) is 3.58. The second-order valence-corrected chi connectivity index (χ2v) is 5.69. The molecular weight excluding hydrogens is 390 g/mol. The number of benzene rings is 2. The minimum atomic E-state index is -0.899. The predicted molar refractivity (Wildman–Crippen MR) is 98.1 cm³/mol. The summed E-state index contributed by atoms with van der Waals surface area (Å²) in [7, 11) is 2.97. The van der Waals surface area contributed by atoms with Gasteiger partial charge < -0.3 is 14.8 Å². The fourth-order valence-corrected chi connectivity index (χ4v) is 2.30. The predicted octanol–water partition coefficient (Wildman–Crippen LogP) is 2.56. The van der Waals surface area contributed by atoms with E-state index in [1.165, 1.54) is 20.4 Å². The molecular formula is C17H16BrN3O4. The van der Waals surface area contributed by atoms with Gasteiger partial charge in [-0.15, -0.1) is 0 Å². The van der Waals surface area contributed by atoms with Crippen molar-refractivity contribution in [2.75, 3.05) is 19.5 Å². The highest BCUT2D eigenvalue weighted by Gasteiger charge is 2.15. The van der Waals surface area contributed by atoms with Crippen LogP contribution >= 0.6 is 15.9 Å². The molecule has 2 amide bonds. The molecule has 7 nitrogen and oxygen atoms in total. The number of ether oxygens (including phenoxy) is 2. The SMILES string of the molecule is COc1ccc(NC(=O)C(=O)N/N=C/c2cccc(Br)c2)c(OC)c1. The maximum absolute atomic E-state index is 11.9. The Balaban J connectivity index is 1.97. The number of hydrogen-bond acceptors (Lipinski definition) is 5. The number of rotatable bonds is 5. The molecule has 0 aliphatic carbocycles. The number of methoxy groups -OCH3 is 2. The van der Waals surface area contributed by atoms with Gasteiger partial charge in [-0.05, 0) is 29.8 Å². The Labute approximate surface area is 153 Å². The summed E-state index contributed by atoms with van der Waals surface area (Å²) < 4.78 is 11.1. The number of nitrogens with one attached hydrogen (secondary N) is 2. The largest absolute Gasteiger partial charge is 0.497 e. The van der Waals surface area contributed by atoms with E-state index in [-0.39, 0.29) is 0 Å². The minimum Gasteiger partial charge on any atom is -0.497 e. The highest BCUT2D eigenvalue weighted by atomic mass is 79.9. The van der Waals surface area contributed by atoms with Gasteiger partial charge in [-0.1, -0.05) is 28.1 Å². The molecule has 0 fully saturated rings. The zero-order chi connectivity index (χ0) is 18.2. The summed E-state index contributed by atoms with van der Waals surface area (Å²) in [6, 6.07) is 12.1. The Morgan fingerprint density at radius 3 is 2.56 bits per heavy atom. The first-order chi connectivity index (χ1) is 12.0. The molecule has 0 saturated carbocycles. The minimum absolute atomic E-state index is 0.347. The Bertz CT molecular complexity index is 808. The molecule has 2 rings (SSSR count). The van der Waals surface area contributed by atoms with Gasteiger partial charge in [0.05, 0.1) is 26.1 Å². The van der Waals surface area contributed by atoms with Crippen LogP contribution in [0.15, 0.2) is 52.0 Å². The summed E-state index contributed by atoms with van der Waals surface area (Å²) >= 11 is 3.33. The number of amides is 2. The lowest BCUT2D eigenvalue weighted by Crippen LogP contribution is -2.32. The zero-order valence-electron chi connectivity index (χ0n) is 13.6. The van der Waals surface area contributed by atoms with Crippen molar-refractivity contribution in [1.29, 1.82) is 0 Å². The van der Waals surface area contributed by atoms with Gasteiger partial charge in [0.2, 0.25) is 0 Å². The van der Waals surface area contributed by atoms with E-state index in [9.17, 15) is 9.59 Å². The molecule has 0 aliphatic heterocycles. The fourth-order valence-electron chi connectivity index (χ4n) is 1.88. The maximum Gasteiger partial charge on any atom is 0.329 e. The van der Waals surface area contributed by atoms with Gasteiger partial charge in [0.1, 0.15) is 11.5 Å². The van der Waals surface area contributed by atoms with Crippen LogP contribution in [-0.2, 0) is 9.59 Å². The molecule has 0 spiro atoms. The van der Waals surface area contributed by atoms with Crippen LogP contribution in [0.2, 0.25) is 0 Å². The van der Waals surface area contributed by atoms with E-state index in [0.29, 0.717) is 17.2 Å². The van der Waals surface area contributed by atoms with Crippen LogP contribution < -0.4 is 20.2 Å². The molecule has 0 heterocycles. The molecule has 0 saturated heterocycles. The average molecular weight is 406 g/mol. The number of halogens is 1. The average Bonchev–Trinajstić information content (AvgIpc) is 2.62. The first kappa shape index (κ1) is 18.5. The summed E-state index contributed by atoms with van der Waals surface area (Å²) in [5.41, 5.74) is 3.29. The summed E-state index contributed by atoms with van der Waals surface area (Å²) in [4.78, 5) is 23.8. The number of carbonyl (C=O) groups excluding carboxylic acids is 2. The number of anilines is 1. The molecule has 2 N–H and O–H groups in total. The van der Waals surface area contributed by atoms with Gasteiger partial charge in [0.15, 0.2) is 0 Å². The van der Waals surface area contributed by atoms with Gasteiger partial charge in [0.25, 0.3) is 0 Å². The van der Waals surface area contributed by atoms with Crippen molar-refractivity contribution in [2.45, 2.75) is 0 Å². The summed E-state index contributed by atoms with van der Waals surface area (Å²) in [6.45, 7) is 0. The lowest BCUT2D eigenvalue weighted by molar-refractivity contribution is -0.136. The van der Waals surface area contributed by atoms with Gasteiger partial charge in [-0.2, -0.15) is 5.10 Å². The number of hydrogen-bond donors (Lipinski definition) is 2. The van der Waals surface area contributed by atoms with E-state index < -0.39 is 11.8 Å².